The van der Waals surface area contributed by atoms with Crippen LogP contribution in [0.4, 0.5) is 17.1 Å². The molecule has 1 aliphatic heterocycles. The van der Waals surface area contributed by atoms with Gasteiger partial charge < -0.3 is 20.3 Å². The number of benzene rings is 2. The standard InChI is InChI=1S/C19H21N3O3/c1-11-9-13(5-7-16(11)22(3)4)19(24)20-14-6-8-17-15(10-14)21-18(23)12(2)25-17/h5-10,12H,1-4H3,(H,20,24)(H,21,23). The van der Waals surface area contributed by atoms with Crippen LogP contribution in [0, 0.1) is 6.92 Å². The second-order valence-electron chi connectivity index (χ2n) is 6.31. The fourth-order valence-corrected chi connectivity index (χ4v) is 2.79. The molecule has 0 bridgehead atoms. The van der Waals surface area contributed by atoms with Crippen molar-refractivity contribution in [3.63, 3.8) is 0 Å². The van der Waals surface area contributed by atoms with Crippen LogP contribution in [0.25, 0.3) is 0 Å². The Morgan fingerprint density at radius 1 is 1.20 bits per heavy atom. The summed E-state index contributed by atoms with van der Waals surface area (Å²) in [4.78, 5) is 26.2. The molecule has 1 unspecified atom stereocenters. The van der Waals surface area contributed by atoms with Crippen molar-refractivity contribution < 1.29 is 14.3 Å². The van der Waals surface area contributed by atoms with E-state index in [2.05, 4.69) is 10.6 Å². The maximum absolute atomic E-state index is 12.5. The number of ether oxygens (including phenoxy) is 1. The molecule has 6 heteroatoms. The molecule has 2 amide bonds. The van der Waals surface area contributed by atoms with Crippen molar-refractivity contribution in [2.75, 3.05) is 29.6 Å². The summed E-state index contributed by atoms with van der Waals surface area (Å²) in [5, 5.41) is 5.62. The van der Waals surface area contributed by atoms with Gasteiger partial charge in [0.15, 0.2) is 6.10 Å². The molecule has 0 aromatic heterocycles. The minimum Gasteiger partial charge on any atom is -0.479 e. The largest absolute Gasteiger partial charge is 0.479 e. The van der Waals surface area contributed by atoms with Crippen LogP contribution in [-0.2, 0) is 4.79 Å². The first-order valence-electron chi connectivity index (χ1n) is 8.06. The second-order valence-corrected chi connectivity index (χ2v) is 6.31. The summed E-state index contributed by atoms with van der Waals surface area (Å²) in [7, 11) is 3.93. The van der Waals surface area contributed by atoms with Crippen molar-refractivity contribution in [2.45, 2.75) is 20.0 Å². The molecule has 0 fully saturated rings. The zero-order chi connectivity index (χ0) is 18.1. The number of aryl methyl sites for hydroxylation is 1. The fourth-order valence-electron chi connectivity index (χ4n) is 2.79. The lowest BCUT2D eigenvalue weighted by Gasteiger charge is -2.23. The van der Waals surface area contributed by atoms with Crippen LogP contribution in [0.2, 0.25) is 0 Å². The number of fused-ring (bicyclic) bond motifs is 1. The van der Waals surface area contributed by atoms with Crippen molar-refractivity contribution in [1.82, 2.24) is 0 Å². The van der Waals surface area contributed by atoms with Crippen LogP contribution < -0.4 is 20.3 Å². The molecular weight excluding hydrogens is 318 g/mol. The van der Waals surface area contributed by atoms with Gasteiger partial charge in [0.1, 0.15) is 5.75 Å². The van der Waals surface area contributed by atoms with Crippen LogP contribution in [0.1, 0.15) is 22.8 Å². The van der Waals surface area contributed by atoms with Gasteiger partial charge in [-0.05, 0) is 55.8 Å². The minimum atomic E-state index is -0.522. The number of carbonyl (C=O) groups is 2. The lowest BCUT2D eigenvalue weighted by atomic mass is 10.1. The third-order valence-corrected chi connectivity index (χ3v) is 4.11. The average molecular weight is 339 g/mol. The van der Waals surface area contributed by atoms with E-state index in [-0.39, 0.29) is 11.8 Å². The van der Waals surface area contributed by atoms with Gasteiger partial charge >= 0.3 is 0 Å². The Labute approximate surface area is 146 Å². The van der Waals surface area contributed by atoms with Gasteiger partial charge in [-0.15, -0.1) is 0 Å². The van der Waals surface area contributed by atoms with E-state index >= 15 is 0 Å². The van der Waals surface area contributed by atoms with E-state index in [9.17, 15) is 9.59 Å². The van der Waals surface area contributed by atoms with Gasteiger partial charge in [-0.3, -0.25) is 9.59 Å². The van der Waals surface area contributed by atoms with Gasteiger partial charge in [-0.1, -0.05) is 0 Å². The highest BCUT2D eigenvalue weighted by molar-refractivity contribution is 6.05. The molecule has 1 aliphatic rings. The van der Waals surface area contributed by atoms with E-state index in [0.717, 1.165) is 11.3 Å². The van der Waals surface area contributed by atoms with Gasteiger partial charge in [0, 0.05) is 31.0 Å². The second kappa shape index (κ2) is 6.47. The quantitative estimate of drug-likeness (QED) is 0.902. The SMILES string of the molecule is Cc1cc(C(=O)Nc2ccc3c(c2)NC(=O)C(C)O3)ccc1N(C)C. The number of anilines is 3. The van der Waals surface area contributed by atoms with Gasteiger partial charge in [-0.25, -0.2) is 0 Å². The number of rotatable bonds is 3. The average Bonchev–Trinajstić information content (AvgIpc) is 2.55. The molecule has 3 rings (SSSR count). The van der Waals surface area contributed by atoms with E-state index in [1.54, 1.807) is 31.2 Å². The van der Waals surface area contributed by atoms with E-state index < -0.39 is 6.10 Å². The summed E-state index contributed by atoms with van der Waals surface area (Å²) in [6, 6.07) is 10.8. The van der Waals surface area contributed by atoms with E-state index in [4.69, 9.17) is 4.74 Å². The summed E-state index contributed by atoms with van der Waals surface area (Å²) < 4.78 is 5.51. The van der Waals surface area contributed by atoms with Crippen LogP contribution in [0.3, 0.4) is 0 Å². The fraction of sp³-hybridized carbons (Fsp3) is 0.263. The first-order valence-corrected chi connectivity index (χ1v) is 8.06. The number of hydrogen-bond donors (Lipinski definition) is 2. The first-order chi connectivity index (χ1) is 11.8. The predicted octanol–water partition coefficient (Wildman–Crippen LogP) is 3.03. The molecule has 25 heavy (non-hydrogen) atoms. The molecule has 0 aliphatic carbocycles. The summed E-state index contributed by atoms with van der Waals surface area (Å²) in [6.07, 6.45) is -0.522. The lowest BCUT2D eigenvalue weighted by molar-refractivity contribution is -0.122. The van der Waals surface area contributed by atoms with Crippen molar-refractivity contribution in [2.24, 2.45) is 0 Å². The topological polar surface area (TPSA) is 70.7 Å². The number of amides is 2. The Morgan fingerprint density at radius 2 is 1.96 bits per heavy atom. The highest BCUT2D eigenvalue weighted by atomic mass is 16.5. The van der Waals surface area contributed by atoms with Crippen LogP contribution >= 0.6 is 0 Å². The monoisotopic (exact) mass is 339 g/mol. The summed E-state index contributed by atoms with van der Waals surface area (Å²) >= 11 is 0. The Hall–Kier alpha value is -3.02. The number of nitrogens with one attached hydrogen (secondary N) is 2. The maximum atomic E-state index is 12.5. The molecule has 0 spiro atoms. The van der Waals surface area contributed by atoms with Gasteiger partial charge in [-0.2, -0.15) is 0 Å². The van der Waals surface area contributed by atoms with Crippen molar-refractivity contribution in [1.29, 1.82) is 0 Å². The predicted molar refractivity (Wildman–Crippen MR) is 98.6 cm³/mol. The summed E-state index contributed by atoms with van der Waals surface area (Å²) in [5.41, 5.74) is 3.82. The molecule has 2 N–H and O–H groups in total. The highest BCUT2D eigenvalue weighted by Crippen LogP contribution is 2.32. The summed E-state index contributed by atoms with van der Waals surface area (Å²) in [6.45, 7) is 3.66. The van der Waals surface area contributed by atoms with E-state index in [1.807, 2.05) is 38.1 Å². The van der Waals surface area contributed by atoms with Crippen LogP contribution in [0.5, 0.6) is 5.75 Å². The van der Waals surface area contributed by atoms with Gasteiger partial charge in [0.2, 0.25) is 0 Å². The van der Waals surface area contributed by atoms with Gasteiger partial charge in [0.25, 0.3) is 11.8 Å². The van der Waals surface area contributed by atoms with Crippen molar-refractivity contribution in [3.05, 3.63) is 47.5 Å². The molecular formula is C19H21N3O3. The number of carbonyl (C=O) groups excluding carboxylic acids is 2. The molecule has 1 atom stereocenters. The minimum absolute atomic E-state index is 0.203. The van der Waals surface area contributed by atoms with E-state index in [0.29, 0.717) is 22.7 Å². The Balaban J connectivity index is 1.79. The molecule has 130 valence electrons. The third kappa shape index (κ3) is 3.42. The third-order valence-electron chi connectivity index (χ3n) is 4.11. The maximum Gasteiger partial charge on any atom is 0.265 e. The normalized spacial score (nSPS) is 15.7. The molecule has 2 aromatic rings. The molecule has 6 nitrogen and oxygen atoms in total. The van der Waals surface area contributed by atoms with Crippen molar-refractivity contribution >= 4 is 28.9 Å². The molecule has 2 aromatic carbocycles. The van der Waals surface area contributed by atoms with Gasteiger partial charge in [0.05, 0.1) is 5.69 Å². The van der Waals surface area contributed by atoms with Crippen molar-refractivity contribution in [3.8, 4) is 5.75 Å². The first kappa shape index (κ1) is 16.8. The van der Waals surface area contributed by atoms with E-state index in [1.165, 1.54) is 0 Å². The summed E-state index contributed by atoms with van der Waals surface area (Å²) in [5.74, 6) is 0.187. The number of hydrogen-bond acceptors (Lipinski definition) is 4. The molecule has 0 saturated heterocycles. The Morgan fingerprint density at radius 3 is 2.64 bits per heavy atom. The highest BCUT2D eigenvalue weighted by Gasteiger charge is 2.23. The lowest BCUT2D eigenvalue weighted by Crippen LogP contribution is -2.34. The van der Waals surface area contributed by atoms with Crippen LogP contribution in [-0.4, -0.2) is 32.0 Å². The number of nitrogens with zero attached hydrogens (tertiary/aromatic N) is 1. The Bertz CT molecular complexity index is 846. The smallest absolute Gasteiger partial charge is 0.265 e. The van der Waals surface area contributed by atoms with Crippen LogP contribution in [0.15, 0.2) is 36.4 Å². The molecule has 0 radical (unpaired) electrons. The molecule has 0 saturated carbocycles. The molecule has 1 heterocycles. The Kier molecular flexibility index (Phi) is 4.35. The zero-order valence-electron chi connectivity index (χ0n) is 14.7. The zero-order valence-corrected chi connectivity index (χ0v) is 14.7.